The maximum atomic E-state index is 13.3. The maximum absolute atomic E-state index is 13.3. The molecule has 0 aromatic carbocycles. The molecule has 0 aliphatic carbocycles. The smallest absolute Gasteiger partial charge is 0.315 e. The third-order valence-electron chi connectivity index (χ3n) is 2.97. The van der Waals surface area contributed by atoms with Crippen LogP contribution in [0.1, 0.15) is 13.3 Å². The van der Waals surface area contributed by atoms with Crippen LogP contribution in [0.15, 0.2) is 36.9 Å². The van der Waals surface area contributed by atoms with Gasteiger partial charge in [0, 0.05) is 18.5 Å². The van der Waals surface area contributed by atoms with E-state index in [0.29, 0.717) is 0 Å². The third kappa shape index (κ3) is 3.39. The second-order valence-electron chi connectivity index (χ2n) is 4.58. The first-order valence-electron chi connectivity index (χ1n) is 6.01. The van der Waals surface area contributed by atoms with E-state index in [1.165, 1.54) is 37.8 Å². The molecule has 5 nitrogen and oxygen atoms in total. The van der Waals surface area contributed by atoms with Crippen LogP contribution in [0.4, 0.5) is 13.2 Å². The first-order chi connectivity index (χ1) is 9.91. The van der Waals surface area contributed by atoms with Crippen LogP contribution in [-0.4, -0.2) is 26.9 Å². The van der Waals surface area contributed by atoms with Gasteiger partial charge in [0.25, 0.3) is 6.43 Å². The second kappa shape index (κ2) is 5.94. The van der Waals surface area contributed by atoms with Crippen LogP contribution >= 0.6 is 0 Å². The summed E-state index contributed by atoms with van der Waals surface area (Å²) in [6.07, 6.45) is 0.429. The Morgan fingerprint density at radius 3 is 2.81 bits per heavy atom. The monoisotopic (exact) mass is 299 g/mol. The van der Waals surface area contributed by atoms with Crippen LogP contribution in [0.5, 0.6) is 5.88 Å². The molecule has 2 rings (SSSR count). The van der Waals surface area contributed by atoms with Gasteiger partial charge in [-0.1, -0.05) is 6.07 Å². The van der Waals surface area contributed by atoms with Crippen LogP contribution in [0.3, 0.4) is 0 Å². The Kier molecular flexibility index (Phi) is 4.25. The Labute approximate surface area is 118 Å². The summed E-state index contributed by atoms with van der Waals surface area (Å²) in [6.45, 7) is 1.21. The summed E-state index contributed by atoms with van der Waals surface area (Å²) >= 11 is 0. The Balaban J connectivity index is 2.13. The molecule has 0 amide bonds. The average molecular weight is 299 g/mol. The van der Waals surface area contributed by atoms with Crippen LogP contribution in [0, 0.1) is 5.95 Å². The number of esters is 1. The predicted molar refractivity (Wildman–Crippen MR) is 66.3 cm³/mol. The number of halogens is 3. The van der Waals surface area contributed by atoms with Gasteiger partial charge < -0.3 is 9.30 Å². The van der Waals surface area contributed by atoms with E-state index >= 15 is 0 Å². The van der Waals surface area contributed by atoms with Crippen LogP contribution in [0.25, 0.3) is 0 Å². The lowest BCUT2D eigenvalue weighted by Gasteiger charge is -2.29. The van der Waals surface area contributed by atoms with Gasteiger partial charge in [0.1, 0.15) is 5.54 Å². The molecule has 21 heavy (non-hydrogen) atoms. The number of nitrogens with zero attached hydrogens (tertiary/aromatic N) is 3. The lowest BCUT2D eigenvalue weighted by atomic mass is 9.98. The van der Waals surface area contributed by atoms with Crippen molar-refractivity contribution in [2.45, 2.75) is 25.3 Å². The van der Waals surface area contributed by atoms with E-state index in [1.54, 1.807) is 0 Å². The fraction of sp³-hybridized carbons (Fsp3) is 0.308. The molecule has 1 unspecified atom stereocenters. The molecule has 8 heteroatoms. The van der Waals surface area contributed by atoms with Gasteiger partial charge in [-0.15, -0.1) is 0 Å². The number of hydrogen-bond donors (Lipinski definition) is 0. The number of imidazole rings is 1. The quantitative estimate of drug-likeness (QED) is 0.628. The standard InChI is InChI=1S/C13H12F3N3O2/c1-13(12(15)16,19-6-5-17-8-19)7-11(20)21-10-4-2-3-9(14)18-10/h2-6,8,12H,7H2,1H3. The normalized spacial score (nSPS) is 14.0. The molecular formula is C13H12F3N3O2. The van der Waals surface area contributed by atoms with Gasteiger partial charge in [0.2, 0.25) is 11.8 Å². The largest absolute Gasteiger partial charge is 0.407 e. The van der Waals surface area contributed by atoms with Gasteiger partial charge in [0.05, 0.1) is 12.7 Å². The van der Waals surface area contributed by atoms with Crippen molar-refractivity contribution in [2.24, 2.45) is 0 Å². The molecule has 2 aromatic rings. The first kappa shape index (κ1) is 15.0. The van der Waals surface area contributed by atoms with Crippen molar-refractivity contribution in [2.75, 3.05) is 0 Å². The van der Waals surface area contributed by atoms with E-state index in [9.17, 15) is 18.0 Å². The van der Waals surface area contributed by atoms with Crippen molar-refractivity contribution in [1.82, 2.24) is 14.5 Å². The number of rotatable bonds is 5. The zero-order valence-electron chi connectivity index (χ0n) is 11.0. The van der Waals surface area contributed by atoms with E-state index in [2.05, 4.69) is 9.97 Å². The van der Waals surface area contributed by atoms with Gasteiger partial charge in [-0.05, 0) is 13.0 Å². The second-order valence-corrected chi connectivity index (χ2v) is 4.58. The molecule has 112 valence electrons. The molecule has 1 atom stereocenters. The van der Waals surface area contributed by atoms with Crippen LogP contribution in [-0.2, 0) is 10.3 Å². The first-order valence-corrected chi connectivity index (χ1v) is 6.01. The zero-order valence-corrected chi connectivity index (χ0v) is 11.0. The highest BCUT2D eigenvalue weighted by atomic mass is 19.3. The van der Waals surface area contributed by atoms with Crippen molar-refractivity contribution in [3.8, 4) is 5.88 Å². The van der Waals surface area contributed by atoms with E-state index < -0.39 is 30.3 Å². The fourth-order valence-electron chi connectivity index (χ4n) is 1.73. The van der Waals surface area contributed by atoms with Gasteiger partial charge in [-0.3, -0.25) is 4.79 Å². The summed E-state index contributed by atoms with van der Waals surface area (Å²) in [6, 6.07) is 3.64. The zero-order chi connectivity index (χ0) is 15.5. The molecule has 0 aliphatic heterocycles. The average Bonchev–Trinajstić information content (AvgIpc) is 2.92. The minimum absolute atomic E-state index is 0.276. The van der Waals surface area contributed by atoms with Gasteiger partial charge in [-0.2, -0.15) is 9.37 Å². The lowest BCUT2D eigenvalue weighted by Crippen LogP contribution is -2.40. The van der Waals surface area contributed by atoms with Crippen molar-refractivity contribution < 1.29 is 22.7 Å². The number of carbonyl (C=O) groups excluding carboxylic acids is 1. The minimum atomic E-state index is -2.82. The van der Waals surface area contributed by atoms with E-state index in [0.717, 1.165) is 10.6 Å². The van der Waals surface area contributed by atoms with E-state index in [1.807, 2.05) is 0 Å². The number of alkyl halides is 2. The minimum Gasteiger partial charge on any atom is -0.407 e. The molecule has 0 aliphatic rings. The fourth-order valence-corrected chi connectivity index (χ4v) is 1.73. The molecule has 0 saturated heterocycles. The molecule has 2 aromatic heterocycles. The summed E-state index contributed by atoms with van der Waals surface area (Å²) in [5, 5.41) is 0. The molecule has 0 N–H and O–H groups in total. The Morgan fingerprint density at radius 2 is 2.24 bits per heavy atom. The number of aromatic nitrogens is 3. The lowest BCUT2D eigenvalue weighted by molar-refractivity contribution is -0.139. The maximum Gasteiger partial charge on any atom is 0.315 e. The molecule has 0 radical (unpaired) electrons. The van der Waals surface area contributed by atoms with Gasteiger partial charge >= 0.3 is 5.97 Å². The Morgan fingerprint density at radius 1 is 1.48 bits per heavy atom. The highest BCUT2D eigenvalue weighted by Crippen LogP contribution is 2.29. The van der Waals surface area contributed by atoms with Crippen LogP contribution in [0.2, 0.25) is 0 Å². The molecular weight excluding hydrogens is 287 g/mol. The predicted octanol–water partition coefficient (Wildman–Crippen LogP) is 2.39. The molecule has 2 heterocycles. The van der Waals surface area contributed by atoms with E-state index in [4.69, 9.17) is 4.74 Å². The van der Waals surface area contributed by atoms with Crippen molar-refractivity contribution in [3.63, 3.8) is 0 Å². The topological polar surface area (TPSA) is 57.0 Å². The summed E-state index contributed by atoms with van der Waals surface area (Å²) in [5.41, 5.74) is -1.80. The summed E-state index contributed by atoms with van der Waals surface area (Å²) in [5.74, 6) is -2.04. The summed E-state index contributed by atoms with van der Waals surface area (Å²) in [4.78, 5) is 18.8. The van der Waals surface area contributed by atoms with Gasteiger partial charge in [-0.25, -0.2) is 13.8 Å². The number of ether oxygens (including phenoxy) is 1. The number of pyridine rings is 1. The van der Waals surface area contributed by atoms with Crippen LogP contribution < -0.4 is 4.74 Å². The summed E-state index contributed by atoms with van der Waals surface area (Å²) < 4.78 is 45.3. The Bertz CT molecular complexity index is 619. The molecule has 0 bridgehead atoms. The molecule has 0 saturated carbocycles. The highest BCUT2D eigenvalue weighted by Gasteiger charge is 2.39. The SMILES string of the molecule is CC(CC(=O)Oc1cccc(F)n1)(C(F)F)n1ccnc1. The Hall–Kier alpha value is -2.38. The highest BCUT2D eigenvalue weighted by molar-refractivity contribution is 5.73. The molecule has 0 spiro atoms. The third-order valence-corrected chi connectivity index (χ3v) is 2.97. The number of carbonyl (C=O) groups is 1. The van der Waals surface area contributed by atoms with Crippen molar-refractivity contribution in [3.05, 3.63) is 42.9 Å². The summed E-state index contributed by atoms with van der Waals surface area (Å²) in [7, 11) is 0. The van der Waals surface area contributed by atoms with Crippen molar-refractivity contribution >= 4 is 5.97 Å². The number of hydrogen-bond acceptors (Lipinski definition) is 4. The van der Waals surface area contributed by atoms with Gasteiger partial charge in [0.15, 0.2) is 0 Å². The van der Waals surface area contributed by atoms with E-state index in [-0.39, 0.29) is 5.88 Å². The van der Waals surface area contributed by atoms with Crippen molar-refractivity contribution in [1.29, 1.82) is 0 Å². The molecule has 0 fully saturated rings.